The molecule has 0 aliphatic carbocycles. The Morgan fingerprint density at radius 1 is 1.37 bits per heavy atom. The second kappa shape index (κ2) is 4.51. The maximum atomic E-state index is 13.6. The van der Waals surface area contributed by atoms with E-state index in [-0.39, 0.29) is 5.69 Å². The summed E-state index contributed by atoms with van der Waals surface area (Å²) in [6, 6.07) is 1.40. The van der Waals surface area contributed by atoms with Crippen LogP contribution >= 0.6 is 0 Å². The van der Waals surface area contributed by atoms with E-state index in [1.807, 2.05) is 4.90 Å². The molecule has 0 aromatic carbocycles. The van der Waals surface area contributed by atoms with Crippen LogP contribution in [0.2, 0.25) is 0 Å². The first-order chi connectivity index (χ1) is 9.15. The lowest BCUT2D eigenvalue weighted by molar-refractivity contribution is 0.0691. The molecule has 3 rings (SSSR count). The van der Waals surface area contributed by atoms with E-state index in [2.05, 4.69) is 10.3 Å². The molecule has 0 atom stereocenters. The maximum Gasteiger partial charge on any atom is 0.356 e. The van der Waals surface area contributed by atoms with Crippen molar-refractivity contribution in [3.63, 3.8) is 0 Å². The van der Waals surface area contributed by atoms with E-state index in [1.54, 1.807) is 0 Å². The van der Waals surface area contributed by atoms with Crippen LogP contribution in [-0.2, 0) is 0 Å². The molecule has 0 amide bonds. The third-order valence-corrected chi connectivity index (χ3v) is 3.18. The van der Waals surface area contributed by atoms with E-state index in [4.69, 9.17) is 5.11 Å². The highest BCUT2D eigenvalue weighted by Gasteiger charge is 2.18. The molecule has 3 heterocycles. The van der Waals surface area contributed by atoms with Crippen molar-refractivity contribution in [3.8, 4) is 0 Å². The molecular formula is C12H13FN4O2. The average molecular weight is 264 g/mol. The standard InChI is InChI=1S/C12H13FN4O2/c13-8-5-10(16-3-1-14-2-4-16)11-15-9(12(18)19)7-17(11)6-8/h5-7,14H,1-4H2,(H,18,19). The number of hydrogen-bond acceptors (Lipinski definition) is 4. The summed E-state index contributed by atoms with van der Waals surface area (Å²) < 4.78 is 15.1. The number of piperazine rings is 1. The zero-order valence-electron chi connectivity index (χ0n) is 10.1. The molecule has 1 aliphatic heterocycles. The smallest absolute Gasteiger partial charge is 0.356 e. The van der Waals surface area contributed by atoms with Crippen LogP contribution in [0.1, 0.15) is 10.5 Å². The molecule has 19 heavy (non-hydrogen) atoms. The van der Waals surface area contributed by atoms with E-state index >= 15 is 0 Å². The number of anilines is 1. The van der Waals surface area contributed by atoms with Gasteiger partial charge in [-0.2, -0.15) is 0 Å². The van der Waals surface area contributed by atoms with Crippen molar-refractivity contribution < 1.29 is 14.3 Å². The SMILES string of the molecule is O=C(O)c1cn2cc(F)cc(N3CCNCC3)c2n1. The van der Waals surface area contributed by atoms with Gasteiger partial charge in [-0.1, -0.05) is 0 Å². The Bertz CT molecular complexity index is 634. The molecule has 1 aliphatic rings. The number of pyridine rings is 1. The quantitative estimate of drug-likeness (QED) is 0.830. The summed E-state index contributed by atoms with van der Waals surface area (Å²) >= 11 is 0. The molecule has 100 valence electrons. The Kier molecular flexibility index (Phi) is 2.83. The molecule has 0 saturated carbocycles. The zero-order chi connectivity index (χ0) is 13.4. The number of hydrogen-bond donors (Lipinski definition) is 2. The van der Waals surface area contributed by atoms with Crippen LogP contribution in [0.5, 0.6) is 0 Å². The Balaban J connectivity index is 2.13. The van der Waals surface area contributed by atoms with Gasteiger partial charge < -0.3 is 19.7 Å². The summed E-state index contributed by atoms with van der Waals surface area (Å²) in [6.45, 7) is 3.12. The van der Waals surface area contributed by atoms with Crippen LogP contribution in [0, 0.1) is 5.82 Å². The first-order valence-electron chi connectivity index (χ1n) is 6.02. The summed E-state index contributed by atoms with van der Waals surface area (Å²) in [6.07, 6.45) is 2.56. The van der Waals surface area contributed by atoms with Gasteiger partial charge in [-0.05, 0) is 0 Å². The third kappa shape index (κ3) is 2.12. The van der Waals surface area contributed by atoms with Crippen LogP contribution in [0.25, 0.3) is 5.65 Å². The number of carboxylic acid groups (broad SMARTS) is 1. The molecule has 7 heteroatoms. The number of imidazole rings is 1. The van der Waals surface area contributed by atoms with Gasteiger partial charge in [0.25, 0.3) is 0 Å². The summed E-state index contributed by atoms with van der Waals surface area (Å²) in [5.74, 6) is -1.52. The van der Waals surface area contributed by atoms with Crippen molar-refractivity contribution in [3.05, 3.63) is 30.0 Å². The van der Waals surface area contributed by atoms with Gasteiger partial charge in [0.05, 0.1) is 5.69 Å². The van der Waals surface area contributed by atoms with Crippen molar-refractivity contribution in [2.24, 2.45) is 0 Å². The van der Waals surface area contributed by atoms with Gasteiger partial charge in [0.1, 0.15) is 5.82 Å². The van der Waals surface area contributed by atoms with Crippen molar-refractivity contribution in [1.29, 1.82) is 0 Å². The van der Waals surface area contributed by atoms with E-state index in [0.29, 0.717) is 11.3 Å². The fraction of sp³-hybridized carbons (Fsp3) is 0.333. The van der Waals surface area contributed by atoms with E-state index in [0.717, 1.165) is 26.2 Å². The van der Waals surface area contributed by atoms with Crippen LogP contribution in [-0.4, -0.2) is 46.6 Å². The molecule has 0 bridgehead atoms. The number of carboxylic acids is 1. The molecule has 0 radical (unpaired) electrons. The number of fused-ring (bicyclic) bond motifs is 1. The molecule has 2 N–H and O–H groups in total. The fourth-order valence-electron chi connectivity index (χ4n) is 2.29. The minimum atomic E-state index is -1.12. The van der Waals surface area contributed by atoms with E-state index in [1.165, 1.54) is 22.9 Å². The number of aromatic nitrogens is 2. The van der Waals surface area contributed by atoms with Gasteiger partial charge in [-0.3, -0.25) is 0 Å². The molecule has 2 aromatic rings. The predicted molar refractivity (Wildman–Crippen MR) is 67.2 cm³/mol. The van der Waals surface area contributed by atoms with Gasteiger partial charge in [-0.25, -0.2) is 14.2 Å². The van der Waals surface area contributed by atoms with Gasteiger partial charge in [0, 0.05) is 44.6 Å². The third-order valence-electron chi connectivity index (χ3n) is 3.18. The van der Waals surface area contributed by atoms with Gasteiger partial charge in [0.2, 0.25) is 0 Å². The highest BCUT2D eigenvalue weighted by atomic mass is 19.1. The van der Waals surface area contributed by atoms with Crippen LogP contribution in [0.15, 0.2) is 18.5 Å². The second-order valence-corrected chi connectivity index (χ2v) is 4.44. The van der Waals surface area contributed by atoms with E-state index < -0.39 is 11.8 Å². The maximum absolute atomic E-state index is 13.6. The topological polar surface area (TPSA) is 69.9 Å². The van der Waals surface area contributed by atoms with Crippen LogP contribution in [0.3, 0.4) is 0 Å². The molecule has 6 nitrogen and oxygen atoms in total. The monoisotopic (exact) mass is 264 g/mol. The van der Waals surface area contributed by atoms with Crippen molar-refractivity contribution in [2.45, 2.75) is 0 Å². The second-order valence-electron chi connectivity index (χ2n) is 4.44. The largest absolute Gasteiger partial charge is 0.476 e. The van der Waals surface area contributed by atoms with Crippen molar-refractivity contribution in [1.82, 2.24) is 14.7 Å². The van der Waals surface area contributed by atoms with Gasteiger partial charge >= 0.3 is 5.97 Å². The minimum Gasteiger partial charge on any atom is -0.476 e. The minimum absolute atomic E-state index is 0.0815. The first kappa shape index (κ1) is 11.9. The lowest BCUT2D eigenvalue weighted by atomic mass is 10.3. The fourth-order valence-corrected chi connectivity index (χ4v) is 2.29. The highest BCUT2D eigenvalue weighted by Crippen LogP contribution is 2.23. The Morgan fingerprint density at radius 2 is 2.11 bits per heavy atom. The number of rotatable bonds is 2. The number of aromatic carboxylic acids is 1. The van der Waals surface area contributed by atoms with Crippen LogP contribution < -0.4 is 10.2 Å². The normalized spacial score (nSPS) is 15.9. The summed E-state index contributed by atoms with van der Waals surface area (Å²) in [5.41, 5.74) is 1.02. The highest BCUT2D eigenvalue weighted by molar-refractivity contribution is 5.87. The number of nitrogens with zero attached hydrogens (tertiary/aromatic N) is 3. The summed E-state index contributed by atoms with van der Waals surface area (Å²) in [4.78, 5) is 17.0. The average Bonchev–Trinajstić information content (AvgIpc) is 2.82. The first-order valence-corrected chi connectivity index (χ1v) is 6.02. The Hall–Kier alpha value is -2.15. The predicted octanol–water partition coefficient (Wildman–Crippen LogP) is 0.581. The molecular weight excluding hydrogens is 251 g/mol. The molecule has 2 aromatic heterocycles. The zero-order valence-corrected chi connectivity index (χ0v) is 10.1. The summed E-state index contributed by atoms with van der Waals surface area (Å²) in [7, 11) is 0. The van der Waals surface area contributed by atoms with Crippen LogP contribution in [0.4, 0.5) is 10.1 Å². The lowest BCUT2D eigenvalue weighted by Gasteiger charge is -2.29. The van der Waals surface area contributed by atoms with E-state index in [9.17, 15) is 9.18 Å². The van der Waals surface area contributed by atoms with Gasteiger partial charge in [-0.15, -0.1) is 0 Å². The molecule has 0 spiro atoms. The summed E-state index contributed by atoms with van der Waals surface area (Å²) in [5, 5.41) is 12.2. The number of carbonyl (C=O) groups is 1. The van der Waals surface area contributed by atoms with Crippen molar-refractivity contribution in [2.75, 3.05) is 31.1 Å². The molecule has 1 fully saturated rings. The number of nitrogens with one attached hydrogen (secondary N) is 1. The lowest BCUT2D eigenvalue weighted by Crippen LogP contribution is -2.43. The number of halogens is 1. The Labute approximate surface area is 108 Å². The molecule has 0 unspecified atom stereocenters. The Morgan fingerprint density at radius 3 is 2.79 bits per heavy atom. The molecule has 1 saturated heterocycles. The van der Waals surface area contributed by atoms with Gasteiger partial charge in [0.15, 0.2) is 11.3 Å². The van der Waals surface area contributed by atoms with Crippen molar-refractivity contribution >= 4 is 17.3 Å².